The predicted octanol–water partition coefficient (Wildman–Crippen LogP) is 0.0184. The molecule has 21 heavy (non-hydrogen) atoms. The van der Waals surface area contributed by atoms with Crippen LogP contribution >= 0.6 is 0 Å². The molecule has 1 aromatic rings. The van der Waals surface area contributed by atoms with Gasteiger partial charge in [0, 0.05) is 44.0 Å². The average molecular weight is 295 g/mol. The molecule has 2 amide bonds. The highest BCUT2D eigenvalue weighted by atomic mass is 16.4. The van der Waals surface area contributed by atoms with Crippen molar-refractivity contribution in [1.29, 1.82) is 0 Å². The van der Waals surface area contributed by atoms with Gasteiger partial charge in [-0.3, -0.25) is 14.8 Å². The number of urea groups is 1. The van der Waals surface area contributed by atoms with E-state index in [1.54, 1.807) is 18.0 Å². The third-order valence-corrected chi connectivity index (χ3v) is 3.87. The molecule has 3 N–H and O–H groups in total. The summed E-state index contributed by atoms with van der Waals surface area (Å²) in [4.78, 5) is 26.6. The summed E-state index contributed by atoms with van der Waals surface area (Å²) >= 11 is 0. The number of piperazine rings is 1. The quantitative estimate of drug-likeness (QED) is 0.727. The first-order valence-electron chi connectivity index (χ1n) is 6.97. The number of aromatic amines is 1. The first-order chi connectivity index (χ1) is 9.99. The number of aliphatic carboxylic acids is 1. The number of carbonyl (C=O) groups excluding carboxylic acids is 1. The number of H-pyrrole nitrogens is 1. The molecule has 1 aromatic heterocycles. The number of amides is 2. The molecule has 1 unspecified atom stereocenters. The third kappa shape index (κ3) is 3.72. The smallest absolute Gasteiger partial charge is 0.320 e. The molecule has 0 saturated carbocycles. The number of carboxylic acid groups (broad SMARTS) is 1. The standard InChI is InChI=1S/C13H21N5O3/c1-9-11(8-15-16-9)7-14-13(21)18-5-3-17(4-6-18)10(2)12(19)20/h8,10H,3-7H2,1-2H3,(H,14,21)(H,15,16)(H,19,20). The van der Waals surface area contributed by atoms with Gasteiger partial charge in [0.1, 0.15) is 6.04 Å². The summed E-state index contributed by atoms with van der Waals surface area (Å²) in [6.07, 6.45) is 1.70. The normalized spacial score (nSPS) is 17.5. The van der Waals surface area contributed by atoms with Crippen molar-refractivity contribution in [2.45, 2.75) is 26.4 Å². The van der Waals surface area contributed by atoms with E-state index in [2.05, 4.69) is 15.5 Å². The number of nitrogens with zero attached hydrogens (tertiary/aromatic N) is 3. The summed E-state index contributed by atoms with van der Waals surface area (Å²) in [6, 6.07) is -0.637. The largest absolute Gasteiger partial charge is 0.480 e. The Balaban J connectivity index is 1.78. The van der Waals surface area contributed by atoms with Crippen molar-refractivity contribution in [3.05, 3.63) is 17.5 Å². The lowest BCUT2D eigenvalue weighted by molar-refractivity contribution is -0.143. The Hall–Kier alpha value is -2.09. The van der Waals surface area contributed by atoms with E-state index in [0.29, 0.717) is 32.7 Å². The van der Waals surface area contributed by atoms with Gasteiger partial charge in [0.05, 0.1) is 6.20 Å². The van der Waals surface area contributed by atoms with Crippen molar-refractivity contribution in [3.8, 4) is 0 Å². The zero-order valence-electron chi connectivity index (χ0n) is 12.3. The van der Waals surface area contributed by atoms with Crippen LogP contribution in [0.4, 0.5) is 4.79 Å². The highest BCUT2D eigenvalue weighted by Gasteiger charge is 2.27. The number of carboxylic acids is 1. The van der Waals surface area contributed by atoms with Gasteiger partial charge in [-0.15, -0.1) is 0 Å². The minimum absolute atomic E-state index is 0.127. The van der Waals surface area contributed by atoms with Crippen molar-refractivity contribution in [1.82, 2.24) is 25.3 Å². The lowest BCUT2D eigenvalue weighted by atomic mass is 10.2. The highest BCUT2D eigenvalue weighted by Crippen LogP contribution is 2.07. The van der Waals surface area contributed by atoms with Crippen LogP contribution in [0.3, 0.4) is 0 Å². The molecule has 2 heterocycles. The molecule has 2 rings (SSSR count). The molecule has 0 radical (unpaired) electrons. The van der Waals surface area contributed by atoms with Crippen LogP contribution in [0.5, 0.6) is 0 Å². The summed E-state index contributed by atoms with van der Waals surface area (Å²) in [6.45, 7) is 6.23. The van der Waals surface area contributed by atoms with Gasteiger partial charge in [-0.25, -0.2) is 4.79 Å². The molecule has 1 aliphatic rings. The zero-order chi connectivity index (χ0) is 15.4. The average Bonchev–Trinajstić information content (AvgIpc) is 2.89. The van der Waals surface area contributed by atoms with E-state index in [-0.39, 0.29) is 6.03 Å². The molecular weight excluding hydrogens is 274 g/mol. The zero-order valence-corrected chi connectivity index (χ0v) is 12.3. The van der Waals surface area contributed by atoms with Gasteiger partial charge in [-0.2, -0.15) is 5.10 Å². The number of rotatable bonds is 4. The van der Waals surface area contributed by atoms with Gasteiger partial charge < -0.3 is 15.3 Å². The SMILES string of the molecule is Cc1[nH]ncc1CNC(=O)N1CCN(C(C)C(=O)O)CC1. The maximum atomic E-state index is 12.1. The topological polar surface area (TPSA) is 102 Å². The molecule has 0 aliphatic carbocycles. The van der Waals surface area contributed by atoms with E-state index in [1.165, 1.54) is 0 Å². The second-order valence-electron chi connectivity index (χ2n) is 5.22. The Morgan fingerprint density at radius 2 is 2.10 bits per heavy atom. The Kier molecular flexibility index (Phi) is 4.79. The lowest BCUT2D eigenvalue weighted by Crippen LogP contribution is -2.55. The minimum atomic E-state index is -0.830. The van der Waals surface area contributed by atoms with Gasteiger partial charge in [-0.05, 0) is 13.8 Å². The molecule has 8 nitrogen and oxygen atoms in total. The first kappa shape index (κ1) is 15.3. The fourth-order valence-electron chi connectivity index (χ4n) is 2.31. The van der Waals surface area contributed by atoms with Gasteiger partial charge >= 0.3 is 12.0 Å². The van der Waals surface area contributed by atoms with Crippen LogP contribution in [0.15, 0.2) is 6.20 Å². The van der Waals surface area contributed by atoms with Crippen LogP contribution in [0.2, 0.25) is 0 Å². The molecule has 1 saturated heterocycles. The van der Waals surface area contributed by atoms with E-state index >= 15 is 0 Å². The predicted molar refractivity (Wildman–Crippen MR) is 75.8 cm³/mol. The molecule has 1 atom stereocenters. The summed E-state index contributed by atoms with van der Waals surface area (Å²) in [5.41, 5.74) is 1.90. The summed E-state index contributed by atoms with van der Waals surface area (Å²) < 4.78 is 0. The maximum Gasteiger partial charge on any atom is 0.320 e. The van der Waals surface area contributed by atoms with Gasteiger partial charge in [0.25, 0.3) is 0 Å². The summed E-state index contributed by atoms with van der Waals surface area (Å²) in [5.74, 6) is -0.830. The second-order valence-corrected chi connectivity index (χ2v) is 5.22. The van der Waals surface area contributed by atoms with E-state index in [4.69, 9.17) is 5.11 Å². The molecule has 1 fully saturated rings. The van der Waals surface area contributed by atoms with Crippen molar-refractivity contribution in [2.75, 3.05) is 26.2 Å². The van der Waals surface area contributed by atoms with Crippen LogP contribution in [0.25, 0.3) is 0 Å². The summed E-state index contributed by atoms with van der Waals surface area (Å²) in [7, 11) is 0. The fourth-order valence-corrected chi connectivity index (χ4v) is 2.31. The Bertz CT molecular complexity index is 508. The molecule has 0 aromatic carbocycles. The number of nitrogens with one attached hydrogen (secondary N) is 2. The van der Waals surface area contributed by atoms with Gasteiger partial charge in [0.2, 0.25) is 0 Å². The lowest BCUT2D eigenvalue weighted by Gasteiger charge is -2.36. The van der Waals surface area contributed by atoms with Crippen molar-refractivity contribution in [3.63, 3.8) is 0 Å². The van der Waals surface area contributed by atoms with Gasteiger partial charge in [0.15, 0.2) is 0 Å². The maximum absolute atomic E-state index is 12.1. The Morgan fingerprint density at radius 3 is 2.62 bits per heavy atom. The molecule has 116 valence electrons. The van der Waals surface area contributed by atoms with Crippen LogP contribution in [0.1, 0.15) is 18.2 Å². The van der Waals surface area contributed by atoms with E-state index < -0.39 is 12.0 Å². The fraction of sp³-hybridized carbons (Fsp3) is 0.615. The third-order valence-electron chi connectivity index (χ3n) is 3.87. The molecule has 0 spiro atoms. The second kappa shape index (κ2) is 6.57. The molecule has 0 bridgehead atoms. The Labute approximate surface area is 123 Å². The Morgan fingerprint density at radius 1 is 1.43 bits per heavy atom. The number of aromatic nitrogens is 2. The number of aryl methyl sites for hydroxylation is 1. The summed E-state index contributed by atoms with van der Waals surface area (Å²) in [5, 5.41) is 18.6. The van der Waals surface area contributed by atoms with Crippen LogP contribution < -0.4 is 5.32 Å². The minimum Gasteiger partial charge on any atom is -0.480 e. The monoisotopic (exact) mass is 295 g/mol. The first-order valence-corrected chi connectivity index (χ1v) is 6.97. The van der Waals surface area contributed by atoms with Crippen molar-refractivity contribution < 1.29 is 14.7 Å². The molecule has 1 aliphatic heterocycles. The van der Waals surface area contributed by atoms with Crippen LogP contribution in [-0.2, 0) is 11.3 Å². The van der Waals surface area contributed by atoms with E-state index in [9.17, 15) is 9.59 Å². The van der Waals surface area contributed by atoms with Crippen molar-refractivity contribution >= 4 is 12.0 Å². The number of carbonyl (C=O) groups is 2. The van der Waals surface area contributed by atoms with E-state index in [0.717, 1.165) is 11.3 Å². The highest BCUT2D eigenvalue weighted by molar-refractivity contribution is 5.75. The molecule has 8 heteroatoms. The van der Waals surface area contributed by atoms with Crippen LogP contribution in [0, 0.1) is 6.92 Å². The van der Waals surface area contributed by atoms with Gasteiger partial charge in [-0.1, -0.05) is 0 Å². The van der Waals surface area contributed by atoms with Crippen LogP contribution in [-0.4, -0.2) is 69.3 Å². The number of hydrogen-bond acceptors (Lipinski definition) is 4. The number of hydrogen-bond donors (Lipinski definition) is 3. The van der Waals surface area contributed by atoms with Crippen molar-refractivity contribution in [2.24, 2.45) is 0 Å². The van der Waals surface area contributed by atoms with E-state index in [1.807, 2.05) is 11.8 Å². The molecular formula is C13H21N5O3.